The summed E-state index contributed by atoms with van der Waals surface area (Å²) in [7, 11) is 0. The van der Waals surface area contributed by atoms with Gasteiger partial charge in [-0.2, -0.15) is 5.10 Å². The summed E-state index contributed by atoms with van der Waals surface area (Å²) in [5, 5.41) is 8.26. The topological polar surface area (TPSA) is 90.8 Å². The molecule has 0 radical (unpaired) electrons. The van der Waals surface area contributed by atoms with Crippen molar-refractivity contribution >= 4 is 22.6 Å². The first kappa shape index (κ1) is 22.6. The summed E-state index contributed by atoms with van der Waals surface area (Å²) in [4.78, 5) is 22.6. The number of nitrogens with one attached hydrogen (secondary N) is 1. The molecule has 4 heterocycles. The second kappa shape index (κ2) is 8.87. The number of aromatic nitrogens is 5. The molecule has 0 atom stereocenters. The zero-order valence-corrected chi connectivity index (χ0v) is 20.5. The lowest BCUT2D eigenvalue weighted by molar-refractivity contribution is 0.102. The Hall–Kier alpha value is -4.20. The van der Waals surface area contributed by atoms with Gasteiger partial charge in [0.25, 0.3) is 5.91 Å². The molecule has 35 heavy (non-hydrogen) atoms. The summed E-state index contributed by atoms with van der Waals surface area (Å²) in [6.07, 6.45) is 5.46. The summed E-state index contributed by atoms with van der Waals surface area (Å²) in [5.74, 6) is 2.32. The van der Waals surface area contributed by atoms with E-state index in [2.05, 4.69) is 20.0 Å². The van der Waals surface area contributed by atoms with Crippen molar-refractivity contribution in [2.24, 2.45) is 0 Å². The Morgan fingerprint density at radius 1 is 1.11 bits per heavy atom. The Morgan fingerprint density at radius 2 is 1.89 bits per heavy atom. The fraction of sp³-hybridized carbons (Fsp3) is 0.259. The number of benzene rings is 1. The Bertz CT molecular complexity index is 1520. The van der Waals surface area contributed by atoms with Crippen molar-refractivity contribution in [2.75, 3.05) is 5.32 Å². The number of pyridine rings is 1. The summed E-state index contributed by atoms with van der Waals surface area (Å²) in [6, 6.07) is 11.7. The third-order valence-electron chi connectivity index (χ3n) is 6.11. The van der Waals surface area contributed by atoms with Gasteiger partial charge in [-0.15, -0.1) is 0 Å². The van der Waals surface area contributed by atoms with Crippen molar-refractivity contribution < 1.29 is 9.21 Å². The molecule has 0 aliphatic heterocycles. The Morgan fingerprint density at radius 3 is 2.51 bits per heavy atom. The van der Waals surface area contributed by atoms with Crippen LogP contribution in [0.3, 0.4) is 0 Å². The van der Waals surface area contributed by atoms with Crippen LogP contribution in [0.15, 0.2) is 59.4 Å². The van der Waals surface area contributed by atoms with Crippen LogP contribution >= 0.6 is 0 Å². The van der Waals surface area contributed by atoms with Gasteiger partial charge < -0.3 is 14.3 Å². The van der Waals surface area contributed by atoms with Gasteiger partial charge in [0.1, 0.15) is 17.3 Å². The minimum absolute atomic E-state index is 0.102. The quantitative estimate of drug-likeness (QED) is 0.345. The molecule has 8 heteroatoms. The molecule has 0 saturated heterocycles. The molecule has 0 aliphatic rings. The van der Waals surface area contributed by atoms with Crippen LogP contribution in [-0.2, 0) is 6.54 Å². The molecule has 4 aromatic heterocycles. The summed E-state index contributed by atoms with van der Waals surface area (Å²) in [6.45, 7) is 10.6. The van der Waals surface area contributed by atoms with E-state index in [0.29, 0.717) is 22.3 Å². The largest absolute Gasteiger partial charge is 0.466 e. The first-order chi connectivity index (χ1) is 16.8. The molecular formula is C27H28N6O2. The number of carbonyl (C=O) groups excluding carboxylic acids is 1. The van der Waals surface area contributed by atoms with Crippen LogP contribution in [0.4, 0.5) is 5.69 Å². The highest BCUT2D eigenvalue weighted by Crippen LogP contribution is 2.30. The van der Waals surface area contributed by atoms with Gasteiger partial charge in [0, 0.05) is 36.2 Å². The van der Waals surface area contributed by atoms with E-state index in [-0.39, 0.29) is 11.9 Å². The highest BCUT2D eigenvalue weighted by atomic mass is 16.3. The zero-order chi connectivity index (χ0) is 24.7. The van der Waals surface area contributed by atoms with Gasteiger partial charge in [-0.1, -0.05) is 12.1 Å². The highest BCUT2D eigenvalue weighted by molar-refractivity contribution is 6.12. The van der Waals surface area contributed by atoms with Gasteiger partial charge in [0.05, 0.1) is 22.8 Å². The van der Waals surface area contributed by atoms with Crippen molar-refractivity contribution in [1.29, 1.82) is 0 Å². The van der Waals surface area contributed by atoms with E-state index < -0.39 is 0 Å². The van der Waals surface area contributed by atoms with E-state index in [1.165, 1.54) is 0 Å². The lowest BCUT2D eigenvalue weighted by atomic mass is 10.1. The van der Waals surface area contributed by atoms with Crippen LogP contribution < -0.4 is 5.32 Å². The van der Waals surface area contributed by atoms with E-state index >= 15 is 0 Å². The Balaban J connectivity index is 1.48. The van der Waals surface area contributed by atoms with Crippen molar-refractivity contribution in [3.05, 3.63) is 83.5 Å². The average Bonchev–Trinajstić information content (AvgIpc) is 3.52. The van der Waals surface area contributed by atoms with Gasteiger partial charge in [-0.3, -0.25) is 4.79 Å². The fourth-order valence-corrected chi connectivity index (χ4v) is 4.27. The van der Waals surface area contributed by atoms with Gasteiger partial charge >= 0.3 is 0 Å². The number of anilines is 1. The Labute approximate surface area is 203 Å². The fourth-order valence-electron chi connectivity index (χ4n) is 4.27. The smallest absolute Gasteiger partial charge is 0.256 e. The maximum Gasteiger partial charge on any atom is 0.256 e. The van der Waals surface area contributed by atoms with E-state index in [1.54, 1.807) is 12.4 Å². The molecule has 0 bridgehead atoms. The van der Waals surface area contributed by atoms with Crippen molar-refractivity contribution in [3.63, 3.8) is 0 Å². The number of carbonyl (C=O) groups is 1. The van der Waals surface area contributed by atoms with E-state index in [0.717, 1.165) is 40.7 Å². The van der Waals surface area contributed by atoms with E-state index in [9.17, 15) is 4.79 Å². The van der Waals surface area contributed by atoms with Gasteiger partial charge in [0.2, 0.25) is 0 Å². The molecule has 0 unspecified atom stereocenters. The molecular weight excluding hydrogens is 440 g/mol. The zero-order valence-electron chi connectivity index (χ0n) is 20.5. The SMILES string of the molecule is Cc1cc(-c2cc(C(=O)Nc3ccc(Cn4ccnc4C)cc3)c3cnn(C(C)C)c3n2)c(C)o1. The second-order valence-electron chi connectivity index (χ2n) is 9.06. The first-order valence-electron chi connectivity index (χ1n) is 11.6. The maximum absolute atomic E-state index is 13.5. The van der Waals surface area contributed by atoms with Crippen molar-refractivity contribution in [3.8, 4) is 11.3 Å². The summed E-state index contributed by atoms with van der Waals surface area (Å²) in [5.41, 5.74) is 4.60. The van der Waals surface area contributed by atoms with Crippen molar-refractivity contribution in [2.45, 2.75) is 47.2 Å². The molecule has 0 saturated carbocycles. The van der Waals surface area contributed by atoms with Crippen LogP contribution in [0.5, 0.6) is 0 Å². The standard InChI is InChI=1S/C27H28N6O2/c1-16(2)33-26-24(14-29-33)23(13-25(31-26)22-12-17(3)35-18(22)4)27(34)30-21-8-6-20(7-9-21)15-32-11-10-28-19(32)5/h6-14,16H,15H2,1-5H3,(H,30,34). The average molecular weight is 469 g/mol. The first-order valence-corrected chi connectivity index (χ1v) is 11.6. The second-order valence-corrected chi connectivity index (χ2v) is 9.06. The lowest BCUT2D eigenvalue weighted by Gasteiger charge is -2.11. The van der Waals surface area contributed by atoms with Crippen LogP contribution in [0.25, 0.3) is 22.3 Å². The van der Waals surface area contributed by atoms with Gasteiger partial charge in [-0.05, 0) is 64.4 Å². The monoisotopic (exact) mass is 468 g/mol. The molecule has 0 fully saturated rings. The third kappa shape index (κ3) is 4.35. The molecule has 0 spiro atoms. The molecule has 8 nitrogen and oxygen atoms in total. The number of aryl methyl sites for hydroxylation is 3. The van der Waals surface area contributed by atoms with E-state index in [1.807, 2.05) is 81.9 Å². The highest BCUT2D eigenvalue weighted by Gasteiger charge is 2.20. The number of hydrogen-bond donors (Lipinski definition) is 1. The van der Waals surface area contributed by atoms with Crippen LogP contribution in [0.2, 0.25) is 0 Å². The number of fused-ring (bicyclic) bond motifs is 1. The molecule has 0 aliphatic carbocycles. The Kier molecular flexibility index (Phi) is 5.72. The van der Waals surface area contributed by atoms with Crippen LogP contribution in [0.1, 0.15) is 53.2 Å². The number of rotatable bonds is 6. The van der Waals surface area contributed by atoms with Crippen molar-refractivity contribution in [1.82, 2.24) is 24.3 Å². The summed E-state index contributed by atoms with van der Waals surface area (Å²) < 4.78 is 9.64. The number of nitrogens with zero attached hydrogens (tertiary/aromatic N) is 5. The van der Waals surface area contributed by atoms with Crippen LogP contribution in [0, 0.1) is 20.8 Å². The van der Waals surface area contributed by atoms with Gasteiger partial charge in [-0.25, -0.2) is 14.6 Å². The van der Waals surface area contributed by atoms with E-state index in [4.69, 9.17) is 9.40 Å². The molecule has 1 aromatic carbocycles. The molecule has 5 aromatic rings. The number of imidazole rings is 1. The number of furan rings is 1. The third-order valence-corrected chi connectivity index (χ3v) is 6.11. The molecule has 5 rings (SSSR count). The number of amides is 1. The predicted molar refractivity (Wildman–Crippen MR) is 136 cm³/mol. The van der Waals surface area contributed by atoms with Crippen LogP contribution in [-0.4, -0.2) is 30.2 Å². The minimum atomic E-state index is -0.210. The summed E-state index contributed by atoms with van der Waals surface area (Å²) >= 11 is 0. The van der Waals surface area contributed by atoms with Gasteiger partial charge in [0.15, 0.2) is 5.65 Å². The molecule has 1 N–H and O–H groups in total. The predicted octanol–water partition coefficient (Wildman–Crippen LogP) is 5.69. The minimum Gasteiger partial charge on any atom is -0.466 e. The maximum atomic E-state index is 13.5. The normalized spacial score (nSPS) is 11.5. The molecule has 178 valence electrons. The molecule has 1 amide bonds. The lowest BCUT2D eigenvalue weighted by Crippen LogP contribution is -2.13. The number of hydrogen-bond acceptors (Lipinski definition) is 5.